The molecule has 1 rings (SSSR count). The van der Waals surface area contributed by atoms with Crippen LogP contribution in [0.3, 0.4) is 0 Å². The van der Waals surface area contributed by atoms with Crippen LogP contribution in [-0.4, -0.2) is 10.2 Å². The number of hydrogen-bond acceptors (Lipinski definition) is 5. The molecular weight excluding hydrogens is 176 g/mol. The van der Waals surface area contributed by atoms with E-state index in [1.54, 1.807) is 0 Å². The van der Waals surface area contributed by atoms with Crippen molar-refractivity contribution in [2.24, 2.45) is 5.84 Å². The minimum Gasteiger partial charge on any atom is -0.508 e. The lowest BCUT2D eigenvalue weighted by atomic mass is 10.2. The van der Waals surface area contributed by atoms with E-state index in [4.69, 9.17) is 10.9 Å². The summed E-state index contributed by atoms with van der Waals surface area (Å²) in [7, 11) is 0. The highest BCUT2D eigenvalue weighted by molar-refractivity contribution is 8.12. The van der Waals surface area contributed by atoms with Crippen molar-refractivity contribution in [2.75, 3.05) is 0 Å². The molecule has 0 saturated carbocycles. The second-order valence-corrected chi connectivity index (χ2v) is 2.86. The van der Waals surface area contributed by atoms with E-state index in [1.165, 1.54) is 24.3 Å². The van der Waals surface area contributed by atoms with Gasteiger partial charge in [0.2, 0.25) is 5.12 Å². The van der Waals surface area contributed by atoms with Gasteiger partial charge in [0.15, 0.2) is 0 Å². The van der Waals surface area contributed by atoms with E-state index >= 15 is 0 Å². The molecule has 64 valence electrons. The molecule has 0 aromatic heterocycles. The van der Waals surface area contributed by atoms with Crippen molar-refractivity contribution in [1.82, 2.24) is 4.83 Å². The molecule has 0 spiro atoms. The lowest BCUT2D eigenvalue weighted by molar-refractivity contribution is 0.108. The first-order valence-electron chi connectivity index (χ1n) is 3.20. The van der Waals surface area contributed by atoms with Crippen LogP contribution in [0.2, 0.25) is 0 Å². The molecule has 0 amide bonds. The van der Waals surface area contributed by atoms with Crippen LogP contribution in [0.25, 0.3) is 0 Å². The molecule has 0 radical (unpaired) electrons. The Morgan fingerprint density at radius 3 is 2.50 bits per heavy atom. The molecular formula is C7H8N2O2S. The molecule has 0 saturated heterocycles. The van der Waals surface area contributed by atoms with Crippen LogP contribution < -0.4 is 10.7 Å². The molecule has 0 unspecified atom stereocenters. The van der Waals surface area contributed by atoms with Gasteiger partial charge in [0, 0.05) is 17.5 Å². The van der Waals surface area contributed by atoms with E-state index in [0.29, 0.717) is 5.56 Å². The molecule has 0 heterocycles. The van der Waals surface area contributed by atoms with Gasteiger partial charge in [-0.05, 0) is 24.3 Å². The quantitative estimate of drug-likeness (QED) is 0.357. The Kier molecular flexibility index (Phi) is 3.09. The number of phenolic OH excluding ortho intramolecular Hbond substituents is 1. The standard InChI is InChI=1S/C7H8N2O2S/c8-9-12-7(11)5-1-3-6(10)4-2-5/h1-4,9-10H,8H2. The highest BCUT2D eigenvalue weighted by Gasteiger charge is 2.04. The topological polar surface area (TPSA) is 75.3 Å². The average molecular weight is 184 g/mol. The first-order chi connectivity index (χ1) is 5.74. The zero-order valence-electron chi connectivity index (χ0n) is 6.15. The summed E-state index contributed by atoms with van der Waals surface area (Å²) in [6.07, 6.45) is 0. The van der Waals surface area contributed by atoms with Gasteiger partial charge in [-0.1, -0.05) is 0 Å². The summed E-state index contributed by atoms with van der Waals surface area (Å²) in [6, 6.07) is 5.96. The smallest absolute Gasteiger partial charge is 0.235 e. The van der Waals surface area contributed by atoms with Crippen molar-refractivity contribution < 1.29 is 9.90 Å². The average Bonchev–Trinajstić information content (AvgIpc) is 2.06. The van der Waals surface area contributed by atoms with E-state index in [-0.39, 0.29) is 10.9 Å². The molecule has 0 aliphatic heterocycles. The largest absolute Gasteiger partial charge is 0.508 e. The van der Waals surface area contributed by atoms with Crippen LogP contribution in [0.5, 0.6) is 5.75 Å². The molecule has 12 heavy (non-hydrogen) atoms. The molecule has 5 heteroatoms. The van der Waals surface area contributed by atoms with Crippen molar-refractivity contribution >= 4 is 17.1 Å². The third-order valence-electron chi connectivity index (χ3n) is 1.25. The second-order valence-electron chi connectivity index (χ2n) is 2.05. The molecule has 1 aromatic rings. The van der Waals surface area contributed by atoms with Gasteiger partial charge >= 0.3 is 0 Å². The van der Waals surface area contributed by atoms with E-state index < -0.39 is 0 Å². The Balaban J connectivity index is 2.75. The SMILES string of the molecule is NNSC(=O)c1ccc(O)cc1. The fourth-order valence-corrected chi connectivity index (χ4v) is 1.07. The molecule has 0 atom stereocenters. The molecule has 0 fully saturated rings. The van der Waals surface area contributed by atoms with Crippen LogP contribution in [0.1, 0.15) is 10.4 Å². The number of nitrogens with two attached hydrogens (primary N) is 1. The monoisotopic (exact) mass is 184 g/mol. The number of rotatable bonds is 2. The van der Waals surface area contributed by atoms with Gasteiger partial charge in [0.1, 0.15) is 5.75 Å². The maximum Gasteiger partial charge on any atom is 0.235 e. The highest BCUT2D eigenvalue weighted by Crippen LogP contribution is 2.13. The Hall–Kier alpha value is -1.04. The Morgan fingerprint density at radius 1 is 1.42 bits per heavy atom. The maximum atomic E-state index is 11.1. The van der Waals surface area contributed by atoms with Gasteiger partial charge < -0.3 is 5.11 Å². The Bertz CT molecular complexity index is 273. The molecule has 4 N–H and O–H groups in total. The van der Waals surface area contributed by atoms with E-state index in [2.05, 4.69) is 4.83 Å². The lowest BCUT2D eigenvalue weighted by Gasteiger charge is -1.97. The van der Waals surface area contributed by atoms with Gasteiger partial charge in [0.25, 0.3) is 0 Å². The van der Waals surface area contributed by atoms with Crippen molar-refractivity contribution in [3.63, 3.8) is 0 Å². The maximum absolute atomic E-state index is 11.1. The predicted octanol–water partition coefficient (Wildman–Crippen LogP) is 0.644. The van der Waals surface area contributed by atoms with E-state index in [9.17, 15) is 4.79 Å². The van der Waals surface area contributed by atoms with Crippen LogP contribution >= 0.6 is 11.9 Å². The molecule has 4 nitrogen and oxygen atoms in total. The van der Waals surface area contributed by atoms with Crippen molar-refractivity contribution in [3.05, 3.63) is 29.8 Å². The number of benzene rings is 1. The van der Waals surface area contributed by atoms with Crippen molar-refractivity contribution in [2.45, 2.75) is 0 Å². The summed E-state index contributed by atoms with van der Waals surface area (Å²) >= 11 is 0.797. The van der Waals surface area contributed by atoms with Crippen LogP contribution in [-0.2, 0) is 0 Å². The highest BCUT2D eigenvalue weighted by atomic mass is 32.2. The van der Waals surface area contributed by atoms with Gasteiger partial charge in [-0.25, -0.2) is 0 Å². The molecule has 1 aromatic carbocycles. The summed E-state index contributed by atoms with van der Waals surface area (Å²) in [5, 5.41) is 8.73. The number of hydrogen-bond donors (Lipinski definition) is 3. The first-order valence-corrected chi connectivity index (χ1v) is 4.01. The summed E-state index contributed by atoms with van der Waals surface area (Å²) in [5.41, 5.74) is 0.496. The summed E-state index contributed by atoms with van der Waals surface area (Å²) in [5.74, 6) is 5.08. The number of nitrogens with one attached hydrogen (secondary N) is 1. The third-order valence-corrected chi connectivity index (χ3v) is 1.79. The molecule has 0 bridgehead atoms. The van der Waals surface area contributed by atoms with Gasteiger partial charge in [-0.2, -0.15) is 4.83 Å². The summed E-state index contributed by atoms with van der Waals surface area (Å²) in [4.78, 5) is 13.3. The minimum atomic E-state index is -0.183. The normalized spacial score (nSPS) is 9.75. The fourth-order valence-electron chi connectivity index (χ4n) is 0.710. The van der Waals surface area contributed by atoms with E-state index in [0.717, 1.165) is 11.9 Å². The summed E-state index contributed by atoms with van der Waals surface area (Å²) in [6.45, 7) is 0. The third kappa shape index (κ3) is 2.23. The lowest BCUT2D eigenvalue weighted by Crippen LogP contribution is -2.15. The number of aromatic hydroxyl groups is 1. The molecule has 0 aliphatic rings. The van der Waals surface area contributed by atoms with Gasteiger partial charge in [-0.15, -0.1) is 0 Å². The molecule has 0 aliphatic carbocycles. The predicted molar refractivity (Wildman–Crippen MR) is 47.4 cm³/mol. The van der Waals surface area contributed by atoms with Gasteiger partial charge in [-0.3, -0.25) is 10.6 Å². The zero-order chi connectivity index (χ0) is 8.97. The first kappa shape index (κ1) is 9.05. The van der Waals surface area contributed by atoms with Crippen LogP contribution in [0.15, 0.2) is 24.3 Å². The van der Waals surface area contributed by atoms with Gasteiger partial charge in [0.05, 0.1) is 0 Å². The number of phenols is 1. The number of carbonyl (C=O) groups is 1. The zero-order valence-corrected chi connectivity index (χ0v) is 6.97. The van der Waals surface area contributed by atoms with Crippen molar-refractivity contribution in [3.8, 4) is 5.75 Å². The second kappa shape index (κ2) is 4.10. The van der Waals surface area contributed by atoms with Crippen LogP contribution in [0.4, 0.5) is 0 Å². The van der Waals surface area contributed by atoms with Crippen LogP contribution in [0, 0.1) is 0 Å². The number of hydrazine groups is 1. The fraction of sp³-hybridized carbons (Fsp3) is 0. The minimum absolute atomic E-state index is 0.136. The Labute approximate surface area is 73.9 Å². The van der Waals surface area contributed by atoms with Crippen molar-refractivity contribution in [1.29, 1.82) is 0 Å². The Morgan fingerprint density at radius 2 is 2.00 bits per heavy atom. The van der Waals surface area contributed by atoms with E-state index in [1.807, 2.05) is 0 Å². The summed E-state index contributed by atoms with van der Waals surface area (Å²) < 4.78 is 0. The number of carbonyl (C=O) groups excluding carboxylic acids is 1.